The molecular weight excluding hydrogens is 438 g/mol. The van der Waals surface area contributed by atoms with Crippen LogP contribution >= 0.6 is 11.6 Å². The predicted molar refractivity (Wildman–Crippen MR) is 130 cm³/mol. The Balaban J connectivity index is 1.72. The summed E-state index contributed by atoms with van der Waals surface area (Å²) in [6.07, 6.45) is 2.04. The van der Waals surface area contributed by atoms with E-state index in [0.717, 1.165) is 12.0 Å². The minimum Gasteiger partial charge on any atom is -0.352 e. The quantitative estimate of drug-likeness (QED) is 0.637. The second-order valence-electron chi connectivity index (χ2n) is 8.69. The van der Waals surface area contributed by atoms with Crippen LogP contribution in [0.2, 0.25) is 5.02 Å². The third-order valence-corrected chi connectivity index (χ3v) is 6.69. The fraction of sp³-hybridized carbons (Fsp3) is 0.423. The Morgan fingerprint density at radius 3 is 2.21 bits per heavy atom. The van der Waals surface area contributed by atoms with Gasteiger partial charge >= 0.3 is 0 Å². The van der Waals surface area contributed by atoms with Gasteiger partial charge in [0, 0.05) is 24.7 Å². The highest BCUT2D eigenvalue weighted by Crippen LogP contribution is 2.24. The molecule has 1 saturated heterocycles. The summed E-state index contributed by atoms with van der Waals surface area (Å²) < 4.78 is 0. The number of rotatable bonds is 7. The second-order valence-corrected chi connectivity index (χ2v) is 9.10. The molecule has 1 aliphatic heterocycles. The zero-order valence-electron chi connectivity index (χ0n) is 19.4. The molecule has 1 fully saturated rings. The third kappa shape index (κ3) is 6.14. The van der Waals surface area contributed by atoms with Crippen LogP contribution in [0.15, 0.2) is 48.5 Å². The van der Waals surface area contributed by atoms with Gasteiger partial charge in [0.05, 0.1) is 10.6 Å². The first-order valence-electron chi connectivity index (χ1n) is 11.5. The van der Waals surface area contributed by atoms with Crippen molar-refractivity contribution in [3.63, 3.8) is 0 Å². The van der Waals surface area contributed by atoms with Crippen LogP contribution in [0.3, 0.4) is 0 Å². The van der Waals surface area contributed by atoms with Crippen molar-refractivity contribution >= 4 is 29.3 Å². The summed E-state index contributed by atoms with van der Waals surface area (Å²) in [4.78, 5) is 40.8. The van der Waals surface area contributed by atoms with E-state index < -0.39 is 6.04 Å². The Hall–Kier alpha value is -2.86. The second kappa shape index (κ2) is 11.3. The summed E-state index contributed by atoms with van der Waals surface area (Å²) in [5, 5.41) is 6.26. The number of halogens is 1. The predicted octanol–water partition coefficient (Wildman–Crippen LogP) is 4.21. The smallest absolute Gasteiger partial charge is 0.254 e. The molecular formula is C26H32ClN3O3. The van der Waals surface area contributed by atoms with Crippen LogP contribution in [0.25, 0.3) is 0 Å². The van der Waals surface area contributed by atoms with E-state index in [1.165, 1.54) is 0 Å². The average Bonchev–Trinajstić information content (AvgIpc) is 2.82. The van der Waals surface area contributed by atoms with E-state index in [1.54, 1.807) is 24.3 Å². The molecule has 0 aliphatic carbocycles. The van der Waals surface area contributed by atoms with E-state index >= 15 is 0 Å². The van der Waals surface area contributed by atoms with Gasteiger partial charge in [-0.2, -0.15) is 0 Å². The summed E-state index contributed by atoms with van der Waals surface area (Å²) in [7, 11) is 0. The van der Waals surface area contributed by atoms with E-state index in [9.17, 15) is 14.4 Å². The van der Waals surface area contributed by atoms with Crippen molar-refractivity contribution in [2.45, 2.75) is 52.1 Å². The van der Waals surface area contributed by atoms with Gasteiger partial charge in [0.1, 0.15) is 6.04 Å². The fourth-order valence-corrected chi connectivity index (χ4v) is 4.34. The summed E-state index contributed by atoms with van der Waals surface area (Å²) in [5.74, 6) is -0.648. The lowest BCUT2D eigenvalue weighted by Gasteiger charge is -2.36. The highest BCUT2D eigenvalue weighted by atomic mass is 35.5. The van der Waals surface area contributed by atoms with Crippen molar-refractivity contribution in [2.24, 2.45) is 5.92 Å². The molecule has 33 heavy (non-hydrogen) atoms. The van der Waals surface area contributed by atoms with Crippen LogP contribution in [0.4, 0.5) is 0 Å². The van der Waals surface area contributed by atoms with Crippen molar-refractivity contribution in [1.82, 2.24) is 15.5 Å². The van der Waals surface area contributed by atoms with Gasteiger partial charge in [-0.25, -0.2) is 0 Å². The number of hydrogen-bond donors (Lipinski definition) is 2. The topological polar surface area (TPSA) is 78.5 Å². The fourth-order valence-electron chi connectivity index (χ4n) is 4.12. The zero-order chi connectivity index (χ0) is 24.0. The number of aryl methyl sites for hydroxylation is 1. The number of likely N-dealkylation sites (tertiary alicyclic amines) is 1. The van der Waals surface area contributed by atoms with Gasteiger partial charge in [0.25, 0.3) is 11.8 Å². The van der Waals surface area contributed by atoms with E-state index in [-0.39, 0.29) is 29.7 Å². The van der Waals surface area contributed by atoms with Crippen LogP contribution in [-0.4, -0.2) is 47.8 Å². The van der Waals surface area contributed by atoms with Gasteiger partial charge in [-0.15, -0.1) is 0 Å². The SMILES string of the molecule is CCC(C)NC(=O)C(NC(=O)c1ccccc1Cl)C1CCN(C(=O)c2ccccc2C)CC1. The van der Waals surface area contributed by atoms with E-state index in [4.69, 9.17) is 11.6 Å². The number of nitrogens with zero attached hydrogens (tertiary/aromatic N) is 1. The summed E-state index contributed by atoms with van der Waals surface area (Å²) in [5.41, 5.74) is 1.99. The number of piperidine rings is 1. The van der Waals surface area contributed by atoms with Gasteiger partial charge in [0.2, 0.25) is 5.91 Å². The molecule has 1 heterocycles. The minimum absolute atomic E-state index is 0.0000575. The molecule has 2 atom stereocenters. The molecule has 6 nitrogen and oxygen atoms in total. The number of carbonyl (C=O) groups is 3. The molecule has 2 aromatic carbocycles. The molecule has 2 aromatic rings. The van der Waals surface area contributed by atoms with Gasteiger partial charge in [0.15, 0.2) is 0 Å². The van der Waals surface area contributed by atoms with Crippen molar-refractivity contribution in [3.05, 3.63) is 70.2 Å². The molecule has 0 spiro atoms. The lowest BCUT2D eigenvalue weighted by atomic mass is 9.88. The standard InChI is InChI=1S/C26H32ClN3O3/c1-4-18(3)28-25(32)23(29-24(31)21-11-7-8-12-22(21)27)19-13-15-30(16-14-19)26(33)20-10-6-5-9-17(20)2/h5-12,18-19,23H,4,13-16H2,1-3H3,(H,28,32)(H,29,31). The Morgan fingerprint density at radius 2 is 1.61 bits per heavy atom. The highest BCUT2D eigenvalue weighted by molar-refractivity contribution is 6.33. The van der Waals surface area contributed by atoms with Crippen molar-refractivity contribution in [2.75, 3.05) is 13.1 Å². The van der Waals surface area contributed by atoms with Crippen molar-refractivity contribution < 1.29 is 14.4 Å². The van der Waals surface area contributed by atoms with Crippen LogP contribution in [0.5, 0.6) is 0 Å². The van der Waals surface area contributed by atoms with Gasteiger partial charge in [-0.3, -0.25) is 14.4 Å². The number of nitrogens with one attached hydrogen (secondary N) is 2. The number of amides is 3. The molecule has 1 aliphatic rings. The number of carbonyl (C=O) groups excluding carboxylic acids is 3. The van der Waals surface area contributed by atoms with E-state index in [1.807, 2.05) is 49.9 Å². The van der Waals surface area contributed by atoms with E-state index in [2.05, 4.69) is 10.6 Å². The lowest BCUT2D eigenvalue weighted by Crippen LogP contribution is -2.55. The lowest BCUT2D eigenvalue weighted by molar-refractivity contribution is -0.125. The number of benzene rings is 2. The van der Waals surface area contributed by atoms with Crippen LogP contribution in [0.1, 0.15) is 59.4 Å². The molecule has 7 heteroatoms. The average molecular weight is 470 g/mol. The Labute approximate surface area is 200 Å². The molecule has 3 amide bonds. The van der Waals surface area contributed by atoms with Crippen LogP contribution in [0, 0.1) is 12.8 Å². The first kappa shape index (κ1) is 24.8. The molecule has 0 radical (unpaired) electrons. The van der Waals surface area contributed by atoms with Gasteiger partial charge < -0.3 is 15.5 Å². The maximum atomic E-state index is 13.1. The zero-order valence-corrected chi connectivity index (χ0v) is 20.2. The largest absolute Gasteiger partial charge is 0.352 e. The van der Waals surface area contributed by atoms with Crippen molar-refractivity contribution in [1.29, 1.82) is 0 Å². The van der Waals surface area contributed by atoms with Crippen molar-refractivity contribution in [3.8, 4) is 0 Å². The minimum atomic E-state index is -0.696. The van der Waals surface area contributed by atoms with Crippen LogP contribution < -0.4 is 10.6 Å². The monoisotopic (exact) mass is 469 g/mol. The summed E-state index contributed by atoms with van der Waals surface area (Å²) >= 11 is 6.19. The van der Waals surface area contributed by atoms with Crippen LogP contribution in [-0.2, 0) is 4.79 Å². The Morgan fingerprint density at radius 1 is 1.00 bits per heavy atom. The van der Waals surface area contributed by atoms with Gasteiger partial charge in [-0.1, -0.05) is 48.9 Å². The Bertz CT molecular complexity index is 1000. The molecule has 0 aromatic heterocycles. The number of hydrogen-bond acceptors (Lipinski definition) is 3. The summed E-state index contributed by atoms with van der Waals surface area (Å²) in [6, 6.07) is 13.7. The maximum absolute atomic E-state index is 13.1. The maximum Gasteiger partial charge on any atom is 0.254 e. The van der Waals surface area contributed by atoms with Gasteiger partial charge in [-0.05, 0) is 62.8 Å². The first-order valence-corrected chi connectivity index (χ1v) is 11.9. The normalized spacial score (nSPS) is 16.1. The molecule has 3 rings (SSSR count). The third-order valence-electron chi connectivity index (χ3n) is 6.36. The first-order chi connectivity index (χ1) is 15.8. The van der Waals surface area contributed by atoms with E-state index in [0.29, 0.717) is 42.1 Å². The summed E-state index contributed by atoms with van der Waals surface area (Å²) in [6.45, 7) is 6.94. The molecule has 176 valence electrons. The Kier molecular flexibility index (Phi) is 8.50. The highest BCUT2D eigenvalue weighted by Gasteiger charge is 2.35. The molecule has 0 bridgehead atoms. The molecule has 2 N–H and O–H groups in total. The molecule has 2 unspecified atom stereocenters. The molecule has 0 saturated carbocycles.